The van der Waals surface area contributed by atoms with Gasteiger partial charge in [0.05, 0.1) is 18.2 Å². The first-order chi connectivity index (χ1) is 9.60. The molecule has 1 N–H and O–H groups in total. The van der Waals surface area contributed by atoms with Gasteiger partial charge in [-0.1, -0.05) is 6.07 Å². The molecule has 1 aliphatic rings. The minimum Gasteiger partial charge on any atom is -0.463 e. The van der Waals surface area contributed by atoms with Crippen LogP contribution in [0.15, 0.2) is 28.8 Å². The number of thiophene rings is 1. The molecule has 108 valence electrons. The molecule has 4 nitrogen and oxygen atoms in total. The molecule has 0 saturated heterocycles. The summed E-state index contributed by atoms with van der Waals surface area (Å²) in [7, 11) is 0. The van der Waals surface area contributed by atoms with Gasteiger partial charge in [0.1, 0.15) is 0 Å². The van der Waals surface area contributed by atoms with Crippen LogP contribution in [0, 0.1) is 0 Å². The maximum absolute atomic E-state index is 12.3. The van der Waals surface area contributed by atoms with Crippen molar-refractivity contribution in [3.8, 4) is 0 Å². The summed E-state index contributed by atoms with van der Waals surface area (Å²) in [4.78, 5) is 15.3. The van der Waals surface area contributed by atoms with Gasteiger partial charge in [-0.3, -0.25) is 0 Å². The van der Waals surface area contributed by atoms with E-state index in [0.29, 0.717) is 17.3 Å². The van der Waals surface area contributed by atoms with Crippen LogP contribution in [0.5, 0.6) is 0 Å². The van der Waals surface area contributed by atoms with Gasteiger partial charge in [0.25, 0.3) is 0 Å². The van der Waals surface area contributed by atoms with Gasteiger partial charge in [-0.25, -0.2) is 4.79 Å². The number of hydrogen-bond acceptors (Lipinski definition) is 4. The highest BCUT2D eigenvalue weighted by atomic mass is 32.1. The second-order valence-electron chi connectivity index (χ2n) is 4.36. The quantitative estimate of drug-likeness (QED) is 0.684. The van der Waals surface area contributed by atoms with E-state index in [1.807, 2.05) is 43.2 Å². The number of ether oxygens (including phenoxy) is 1. The molecule has 0 fully saturated rings. The lowest BCUT2D eigenvalue weighted by Gasteiger charge is -2.36. The number of carbonyl (C=O) groups excluding carboxylic acids is 1. The molecule has 2 heterocycles. The molecule has 0 amide bonds. The third-order valence-corrected chi connectivity index (χ3v) is 4.51. The van der Waals surface area contributed by atoms with Crippen molar-refractivity contribution in [3.63, 3.8) is 0 Å². The van der Waals surface area contributed by atoms with E-state index in [1.54, 1.807) is 11.3 Å². The van der Waals surface area contributed by atoms with Crippen LogP contribution in [0.3, 0.4) is 0 Å². The summed E-state index contributed by atoms with van der Waals surface area (Å²) in [6.45, 7) is 6.82. The molecule has 1 unspecified atom stereocenters. The van der Waals surface area contributed by atoms with Crippen LogP contribution in [0.2, 0.25) is 0 Å². The van der Waals surface area contributed by atoms with E-state index in [0.717, 1.165) is 17.1 Å². The SMILES string of the molecule is CCOC(=O)C1=C(C)N(CC)C(=S)NC1c1cccs1. The van der Waals surface area contributed by atoms with E-state index in [4.69, 9.17) is 17.0 Å². The van der Waals surface area contributed by atoms with Crippen molar-refractivity contribution in [2.24, 2.45) is 0 Å². The first-order valence-electron chi connectivity index (χ1n) is 6.59. The molecule has 0 saturated carbocycles. The lowest BCUT2D eigenvalue weighted by molar-refractivity contribution is -0.139. The zero-order valence-corrected chi connectivity index (χ0v) is 13.4. The average molecular weight is 310 g/mol. The summed E-state index contributed by atoms with van der Waals surface area (Å²) in [5.74, 6) is -0.281. The Morgan fingerprint density at radius 3 is 2.85 bits per heavy atom. The molecular weight excluding hydrogens is 292 g/mol. The van der Waals surface area contributed by atoms with Gasteiger partial charge in [-0.2, -0.15) is 0 Å². The van der Waals surface area contributed by atoms with Crippen molar-refractivity contribution in [2.75, 3.05) is 13.2 Å². The zero-order chi connectivity index (χ0) is 14.7. The average Bonchev–Trinajstić information content (AvgIpc) is 2.92. The monoisotopic (exact) mass is 310 g/mol. The molecule has 1 atom stereocenters. The lowest BCUT2D eigenvalue weighted by atomic mass is 10.0. The van der Waals surface area contributed by atoms with Crippen molar-refractivity contribution in [2.45, 2.75) is 26.8 Å². The molecule has 0 bridgehead atoms. The molecule has 1 aromatic rings. The summed E-state index contributed by atoms with van der Waals surface area (Å²) in [6.07, 6.45) is 0. The highest BCUT2D eigenvalue weighted by Gasteiger charge is 2.34. The van der Waals surface area contributed by atoms with Crippen LogP contribution in [0.25, 0.3) is 0 Å². The smallest absolute Gasteiger partial charge is 0.338 e. The molecular formula is C14H18N2O2S2. The van der Waals surface area contributed by atoms with E-state index in [-0.39, 0.29) is 12.0 Å². The Morgan fingerprint density at radius 1 is 1.55 bits per heavy atom. The number of allylic oxidation sites excluding steroid dienone is 1. The van der Waals surface area contributed by atoms with Crippen LogP contribution >= 0.6 is 23.6 Å². The number of rotatable bonds is 4. The first kappa shape index (κ1) is 15.0. The van der Waals surface area contributed by atoms with Gasteiger partial charge in [0.15, 0.2) is 5.11 Å². The zero-order valence-electron chi connectivity index (χ0n) is 11.8. The molecule has 0 spiro atoms. The Balaban J connectivity index is 2.47. The Kier molecular flexibility index (Phi) is 4.77. The van der Waals surface area contributed by atoms with Gasteiger partial charge < -0.3 is 15.0 Å². The second-order valence-corrected chi connectivity index (χ2v) is 5.73. The van der Waals surface area contributed by atoms with E-state index in [9.17, 15) is 4.79 Å². The Hall–Kier alpha value is -1.40. The number of carbonyl (C=O) groups is 1. The number of nitrogens with zero attached hydrogens (tertiary/aromatic N) is 1. The Labute approximate surface area is 128 Å². The fourth-order valence-corrected chi connectivity index (χ4v) is 3.47. The van der Waals surface area contributed by atoms with Crippen molar-refractivity contribution in [1.29, 1.82) is 0 Å². The third kappa shape index (κ3) is 2.71. The van der Waals surface area contributed by atoms with Crippen molar-refractivity contribution >= 4 is 34.6 Å². The highest BCUT2D eigenvalue weighted by molar-refractivity contribution is 7.80. The maximum atomic E-state index is 12.3. The van der Waals surface area contributed by atoms with E-state index >= 15 is 0 Å². The van der Waals surface area contributed by atoms with Gasteiger partial charge in [-0.05, 0) is 44.4 Å². The normalized spacial score (nSPS) is 19.1. The maximum Gasteiger partial charge on any atom is 0.338 e. The summed E-state index contributed by atoms with van der Waals surface area (Å²) in [5.41, 5.74) is 1.51. The van der Waals surface area contributed by atoms with Gasteiger partial charge >= 0.3 is 5.97 Å². The van der Waals surface area contributed by atoms with E-state index in [2.05, 4.69) is 5.32 Å². The van der Waals surface area contributed by atoms with Crippen LogP contribution in [-0.4, -0.2) is 29.1 Å². The molecule has 1 aromatic heterocycles. The van der Waals surface area contributed by atoms with Crippen molar-refractivity contribution in [3.05, 3.63) is 33.7 Å². The summed E-state index contributed by atoms with van der Waals surface area (Å²) in [5, 5.41) is 5.89. The van der Waals surface area contributed by atoms with Crippen LogP contribution in [-0.2, 0) is 9.53 Å². The largest absolute Gasteiger partial charge is 0.463 e. The van der Waals surface area contributed by atoms with E-state index < -0.39 is 0 Å². The highest BCUT2D eigenvalue weighted by Crippen LogP contribution is 2.33. The molecule has 0 aromatic carbocycles. The Morgan fingerprint density at radius 2 is 2.30 bits per heavy atom. The van der Waals surface area contributed by atoms with Gasteiger partial charge in [0, 0.05) is 17.1 Å². The predicted molar refractivity (Wildman–Crippen MR) is 84.5 cm³/mol. The summed E-state index contributed by atoms with van der Waals surface area (Å²) < 4.78 is 5.21. The fourth-order valence-electron chi connectivity index (χ4n) is 2.30. The van der Waals surface area contributed by atoms with Crippen LogP contribution in [0.4, 0.5) is 0 Å². The van der Waals surface area contributed by atoms with Crippen molar-refractivity contribution in [1.82, 2.24) is 10.2 Å². The van der Waals surface area contributed by atoms with Gasteiger partial charge in [0.2, 0.25) is 0 Å². The van der Waals surface area contributed by atoms with E-state index in [1.165, 1.54) is 0 Å². The third-order valence-electron chi connectivity index (χ3n) is 3.24. The van der Waals surface area contributed by atoms with Gasteiger partial charge in [-0.15, -0.1) is 11.3 Å². The number of nitrogens with one attached hydrogen (secondary N) is 1. The summed E-state index contributed by atoms with van der Waals surface area (Å²) in [6, 6.07) is 3.75. The van der Waals surface area contributed by atoms with Crippen molar-refractivity contribution < 1.29 is 9.53 Å². The number of thiocarbonyl (C=S) groups is 1. The standard InChI is InChI=1S/C14H18N2O2S2/c1-4-16-9(3)11(13(17)18-5-2)12(15-14(16)19)10-7-6-8-20-10/h6-8,12H,4-5H2,1-3H3,(H,15,19). The Bertz CT molecular complexity index is 537. The molecule has 0 aliphatic carbocycles. The van der Waals surface area contributed by atoms with Crippen LogP contribution in [0.1, 0.15) is 31.7 Å². The molecule has 20 heavy (non-hydrogen) atoms. The minimum atomic E-state index is -0.281. The second kappa shape index (κ2) is 6.37. The first-order valence-corrected chi connectivity index (χ1v) is 7.88. The number of esters is 1. The molecule has 1 aliphatic heterocycles. The van der Waals surface area contributed by atoms with Crippen LogP contribution < -0.4 is 5.32 Å². The number of hydrogen-bond donors (Lipinski definition) is 1. The molecule has 6 heteroatoms. The lowest BCUT2D eigenvalue weighted by Crippen LogP contribution is -2.47. The topological polar surface area (TPSA) is 41.6 Å². The predicted octanol–water partition coefficient (Wildman–Crippen LogP) is 2.84. The minimum absolute atomic E-state index is 0.218. The molecule has 0 radical (unpaired) electrons. The molecule has 2 rings (SSSR count). The summed E-state index contributed by atoms with van der Waals surface area (Å²) >= 11 is 6.99. The fraction of sp³-hybridized carbons (Fsp3) is 0.429.